The molecular weight excluding hydrogens is 510 g/mol. The Hall–Kier alpha value is -1.65. The topological polar surface area (TPSA) is 70.6 Å². The monoisotopic (exact) mass is 541 g/mol. The first-order valence-electron chi connectivity index (χ1n) is 11.1. The predicted molar refractivity (Wildman–Crippen MR) is 147 cm³/mol. The molecule has 34 heavy (non-hydrogen) atoms. The number of thioether (sulfide) groups is 1. The number of anilines is 1. The van der Waals surface area contributed by atoms with Crippen molar-refractivity contribution in [1.82, 2.24) is 9.88 Å². The molecule has 2 aromatic carbocycles. The van der Waals surface area contributed by atoms with Gasteiger partial charge in [0, 0.05) is 24.2 Å². The second-order valence-corrected chi connectivity index (χ2v) is 12.1. The van der Waals surface area contributed by atoms with Crippen LogP contribution >= 0.6 is 35.5 Å². The first-order valence-corrected chi connectivity index (χ1v) is 14.8. The molecule has 10 heteroatoms. The molecule has 6 nitrogen and oxygen atoms in total. The Morgan fingerprint density at radius 1 is 1.03 bits per heavy atom. The summed E-state index contributed by atoms with van der Waals surface area (Å²) in [6, 6.07) is 13.1. The van der Waals surface area contributed by atoms with Gasteiger partial charge in [0.2, 0.25) is 5.91 Å². The molecule has 0 saturated carbocycles. The molecular formula is C24H32ClN3O3S3. The summed E-state index contributed by atoms with van der Waals surface area (Å²) >= 11 is 3.13. The molecule has 0 unspecified atom stereocenters. The van der Waals surface area contributed by atoms with Crippen molar-refractivity contribution in [3.05, 3.63) is 48.0 Å². The lowest BCUT2D eigenvalue weighted by atomic mass is 10.1. The zero-order valence-electron chi connectivity index (χ0n) is 20.0. The fourth-order valence-corrected chi connectivity index (χ4v) is 5.92. The normalized spacial score (nSPS) is 11.6. The number of hydrogen-bond acceptors (Lipinski definition) is 7. The van der Waals surface area contributed by atoms with Gasteiger partial charge in [-0.2, -0.15) is 0 Å². The van der Waals surface area contributed by atoms with Gasteiger partial charge in [0.1, 0.15) is 0 Å². The third kappa shape index (κ3) is 7.42. The summed E-state index contributed by atoms with van der Waals surface area (Å²) in [4.78, 5) is 23.5. The Bertz CT molecular complexity index is 1190. The maximum atomic E-state index is 13.4. The van der Waals surface area contributed by atoms with Gasteiger partial charge in [-0.15, -0.1) is 24.2 Å². The molecule has 0 bridgehead atoms. The van der Waals surface area contributed by atoms with Crippen LogP contribution in [0.2, 0.25) is 0 Å². The van der Waals surface area contributed by atoms with Crippen molar-refractivity contribution in [2.24, 2.45) is 0 Å². The van der Waals surface area contributed by atoms with E-state index >= 15 is 0 Å². The highest BCUT2D eigenvalue weighted by molar-refractivity contribution is 7.99. The molecule has 0 spiro atoms. The van der Waals surface area contributed by atoms with Gasteiger partial charge >= 0.3 is 0 Å². The molecule has 0 aliphatic rings. The summed E-state index contributed by atoms with van der Waals surface area (Å²) < 4.78 is 24.7. The van der Waals surface area contributed by atoms with Crippen LogP contribution in [0.25, 0.3) is 10.2 Å². The SMILES string of the molecule is CCSc1ccc(CC(=O)N(CCN(CC)CC)c2nc3ccc(S(C)(=O)=O)cc3s2)cc1.Cl. The number of sulfone groups is 1. The van der Waals surface area contributed by atoms with Gasteiger partial charge in [0.25, 0.3) is 0 Å². The van der Waals surface area contributed by atoms with Gasteiger partial charge in [-0.25, -0.2) is 13.4 Å². The van der Waals surface area contributed by atoms with Crippen molar-refractivity contribution in [3.63, 3.8) is 0 Å². The Morgan fingerprint density at radius 2 is 1.71 bits per heavy atom. The molecule has 3 aromatic rings. The maximum absolute atomic E-state index is 13.4. The molecule has 186 valence electrons. The van der Waals surface area contributed by atoms with Crippen LogP contribution in [0.15, 0.2) is 52.3 Å². The quantitative estimate of drug-likeness (QED) is 0.313. The number of halogens is 1. The van der Waals surface area contributed by atoms with Crippen LogP contribution in [0.1, 0.15) is 26.3 Å². The van der Waals surface area contributed by atoms with Crippen molar-refractivity contribution in [1.29, 1.82) is 0 Å². The Labute approximate surface area is 217 Å². The number of rotatable bonds is 11. The van der Waals surface area contributed by atoms with E-state index in [0.29, 0.717) is 23.6 Å². The maximum Gasteiger partial charge on any atom is 0.233 e. The minimum atomic E-state index is -3.31. The molecule has 0 N–H and O–H groups in total. The largest absolute Gasteiger partial charge is 0.302 e. The van der Waals surface area contributed by atoms with Gasteiger partial charge in [0.05, 0.1) is 21.5 Å². The van der Waals surface area contributed by atoms with E-state index in [1.54, 1.807) is 34.9 Å². The number of thiazole rings is 1. The van der Waals surface area contributed by atoms with Crippen LogP contribution in [0, 0.1) is 0 Å². The summed E-state index contributed by atoms with van der Waals surface area (Å²) in [7, 11) is -3.31. The van der Waals surface area contributed by atoms with Crippen LogP contribution < -0.4 is 4.90 Å². The van der Waals surface area contributed by atoms with Crippen molar-refractivity contribution < 1.29 is 13.2 Å². The smallest absolute Gasteiger partial charge is 0.233 e. The Kier molecular flexibility index (Phi) is 10.8. The van der Waals surface area contributed by atoms with E-state index in [-0.39, 0.29) is 23.2 Å². The summed E-state index contributed by atoms with van der Waals surface area (Å²) in [5.41, 5.74) is 1.66. The minimum Gasteiger partial charge on any atom is -0.302 e. The van der Waals surface area contributed by atoms with Gasteiger partial charge < -0.3 is 4.90 Å². The summed E-state index contributed by atoms with van der Waals surface area (Å²) in [5, 5.41) is 0.603. The van der Waals surface area contributed by atoms with Crippen molar-refractivity contribution in [2.45, 2.75) is 37.0 Å². The van der Waals surface area contributed by atoms with Gasteiger partial charge in [0.15, 0.2) is 15.0 Å². The Balaban J connectivity index is 0.00000408. The lowest BCUT2D eigenvalue weighted by Crippen LogP contribution is -2.39. The second kappa shape index (κ2) is 12.9. The number of fused-ring (bicyclic) bond motifs is 1. The summed E-state index contributed by atoms with van der Waals surface area (Å²) in [6.07, 6.45) is 1.49. The number of amides is 1. The molecule has 3 rings (SSSR count). The van der Waals surface area contributed by atoms with Crippen LogP contribution in [0.3, 0.4) is 0 Å². The van der Waals surface area contributed by atoms with E-state index in [2.05, 4.69) is 42.8 Å². The van der Waals surface area contributed by atoms with Crippen molar-refractivity contribution in [3.8, 4) is 0 Å². The minimum absolute atomic E-state index is 0. The third-order valence-corrected chi connectivity index (χ3v) is 8.48. The zero-order chi connectivity index (χ0) is 24.0. The third-order valence-electron chi connectivity index (χ3n) is 5.43. The fraction of sp³-hybridized carbons (Fsp3) is 0.417. The fourth-order valence-electron chi connectivity index (χ4n) is 3.49. The van der Waals surface area contributed by atoms with Crippen LogP contribution in [-0.4, -0.2) is 62.4 Å². The zero-order valence-corrected chi connectivity index (χ0v) is 23.2. The molecule has 1 amide bonds. The van der Waals surface area contributed by atoms with Gasteiger partial charge in [-0.1, -0.05) is 44.2 Å². The lowest BCUT2D eigenvalue weighted by molar-refractivity contribution is -0.118. The standard InChI is InChI=1S/C24H31N3O3S3.ClH/c1-5-26(6-2)14-15-27(23(28)16-18-8-10-19(11-9-18)31-7-3)24-25-21-13-12-20(33(4,29)30)17-22(21)32-24;/h8-13,17H,5-7,14-16H2,1-4H3;1H. The number of hydrogen-bond donors (Lipinski definition) is 0. The van der Waals surface area contributed by atoms with Gasteiger partial charge in [-0.3, -0.25) is 9.69 Å². The van der Waals surface area contributed by atoms with E-state index < -0.39 is 9.84 Å². The summed E-state index contributed by atoms with van der Waals surface area (Å²) in [6.45, 7) is 9.43. The number of carbonyl (C=O) groups excluding carboxylic acids is 1. The highest BCUT2D eigenvalue weighted by Gasteiger charge is 2.21. The number of nitrogens with zero attached hydrogens (tertiary/aromatic N) is 3. The number of carbonyl (C=O) groups is 1. The van der Waals surface area contributed by atoms with Crippen molar-refractivity contribution >= 4 is 66.6 Å². The molecule has 1 heterocycles. The first-order chi connectivity index (χ1) is 15.7. The number of aromatic nitrogens is 1. The number of likely N-dealkylation sites (N-methyl/N-ethyl adjacent to an activating group) is 1. The van der Waals surface area contributed by atoms with E-state index in [1.165, 1.54) is 22.5 Å². The highest BCUT2D eigenvalue weighted by Crippen LogP contribution is 2.31. The van der Waals surface area contributed by atoms with E-state index in [0.717, 1.165) is 35.7 Å². The summed E-state index contributed by atoms with van der Waals surface area (Å²) in [5.74, 6) is 0.997. The molecule has 0 atom stereocenters. The average molecular weight is 542 g/mol. The van der Waals surface area contributed by atoms with E-state index in [4.69, 9.17) is 0 Å². The number of benzene rings is 2. The first kappa shape index (κ1) is 28.6. The van der Waals surface area contributed by atoms with E-state index in [9.17, 15) is 13.2 Å². The van der Waals surface area contributed by atoms with Crippen LogP contribution in [-0.2, 0) is 21.1 Å². The molecule has 0 fully saturated rings. The Morgan fingerprint density at radius 3 is 2.29 bits per heavy atom. The van der Waals surface area contributed by atoms with Crippen LogP contribution in [0.4, 0.5) is 5.13 Å². The molecule has 0 saturated heterocycles. The van der Waals surface area contributed by atoms with Gasteiger partial charge in [-0.05, 0) is 54.7 Å². The molecule has 0 aliphatic heterocycles. The molecule has 0 aliphatic carbocycles. The predicted octanol–water partition coefficient (Wildman–Crippen LogP) is 5.15. The van der Waals surface area contributed by atoms with E-state index in [1.807, 2.05) is 12.1 Å². The molecule has 0 radical (unpaired) electrons. The highest BCUT2D eigenvalue weighted by atomic mass is 35.5. The second-order valence-electron chi connectivity index (χ2n) is 7.72. The van der Waals surface area contributed by atoms with Crippen LogP contribution in [0.5, 0.6) is 0 Å². The van der Waals surface area contributed by atoms with Crippen molar-refractivity contribution in [2.75, 3.05) is 43.1 Å². The molecule has 1 aromatic heterocycles. The average Bonchev–Trinajstić information content (AvgIpc) is 3.20. The lowest BCUT2D eigenvalue weighted by Gasteiger charge is -2.24.